The maximum Gasteiger partial charge on any atom is 0.293 e. The van der Waals surface area contributed by atoms with E-state index in [4.69, 9.17) is 9.47 Å². The fourth-order valence-electron chi connectivity index (χ4n) is 3.79. The smallest absolute Gasteiger partial charge is 0.293 e. The predicted molar refractivity (Wildman–Crippen MR) is 87.0 cm³/mol. The number of hydrogen-bond donors (Lipinski definition) is 0. The van der Waals surface area contributed by atoms with Gasteiger partial charge in [-0.2, -0.15) is 0 Å². The maximum atomic E-state index is 13.2. The fraction of sp³-hybridized carbons (Fsp3) is 0.611. The Balaban J connectivity index is 1.66. The van der Waals surface area contributed by atoms with Gasteiger partial charge >= 0.3 is 0 Å². The molecule has 124 valence electrons. The Labute approximate surface area is 137 Å². The Morgan fingerprint density at radius 2 is 1.65 bits per heavy atom. The van der Waals surface area contributed by atoms with Crippen LogP contribution in [0, 0.1) is 0 Å². The standard InChI is InChI=1S/C18H24N2O3/c21-17-18(22-12-6-7-13-23-18)15-8-2-3-9-16(15)20(17)14-19-10-4-1-5-11-19/h2-3,8-9H,1,4-7,10-14H2. The number of carbonyl (C=O) groups excluding carboxylic acids is 1. The van der Waals surface area contributed by atoms with Crippen LogP contribution in [0.2, 0.25) is 0 Å². The van der Waals surface area contributed by atoms with Crippen LogP contribution in [-0.2, 0) is 20.1 Å². The number of carbonyl (C=O) groups is 1. The Morgan fingerprint density at radius 3 is 2.39 bits per heavy atom. The number of nitrogens with zero attached hydrogens (tertiary/aromatic N) is 2. The summed E-state index contributed by atoms with van der Waals surface area (Å²) >= 11 is 0. The molecule has 0 unspecified atom stereocenters. The number of likely N-dealkylation sites (tertiary alicyclic amines) is 1. The number of ether oxygens (including phenoxy) is 2. The molecular formula is C18H24N2O3. The molecule has 2 fully saturated rings. The molecule has 0 atom stereocenters. The summed E-state index contributed by atoms with van der Waals surface area (Å²) in [5.41, 5.74) is 1.80. The van der Waals surface area contributed by atoms with E-state index in [1.54, 1.807) is 0 Å². The quantitative estimate of drug-likeness (QED) is 0.840. The number of para-hydroxylation sites is 1. The number of amides is 1. The molecule has 5 nitrogen and oxygen atoms in total. The lowest BCUT2D eigenvalue weighted by molar-refractivity contribution is -0.223. The highest BCUT2D eigenvalue weighted by Crippen LogP contribution is 2.44. The third-order valence-electron chi connectivity index (χ3n) is 5.02. The Hall–Kier alpha value is -1.43. The lowest BCUT2D eigenvalue weighted by atomic mass is 10.1. The second-order valence-corrected chi connectivity index (χ2v) is 6.59. The molecule has 1 amide bonds. The molecule has 3 aliphatic heterocycles. The van der Waals surface area contributed by atoms with Gasteiger partial charge in [0, 0.05) is 5.56 Å². The largest absolute Gasteiger partial charge is 0.338 e. The van der Waals surface area contributed by atoms with Crippen molar-refractivity contribution in [1.82, 2.24) is 4.90 Å². The van der Waals surface area contributed by atoms with Crippen LogP contribution >= 0.6 is 0 Å². The van der Waals surface area contributed by atoms with E-state index in [1.165, 1.54) is 19.3 Å². The summed E-state index contributed by atoms with van der Waals surface area (Å²) < 4.78 is 12.0. The zero-order valence-corrected chi connectivity index (χ0v) is 13.5. The minimum Gasteiger partial charge on any atom is -0.338 e. The van der Waals surface area contributed by atoms with E-state index in [0.717, 1.165) is 37.2 Å². The van der Waals surface area contributed by atoms with Crippen molar-refractivity contribution in [1.29, 1.82) is 0 Å². The van der Waals surface area contributed by atoms with E-state index in [0.29, 0.717) is 19.9 Å². The molecule has 0 radical (unpaired) electrons. The molecule has 0 aromatic heterocycles. The minimum atomic E-state index is -1.22. The highest BCUT2D eigenvalue weighted by Gasteiger charge is 2.54. The van der Waals surface area contributed by atoms with Gasteiger partial charge in [-0.15, -0.1) is 0 Å². The second kappa shape index (κ2) is 6.23. The van der Waals surface area contributed by atoms with Crippen molar-refractivity contribution in [3.05, 3.63) is 29.8 Å². The summed E-state index contributed by atoms with van der Waals surface area (Å²) in [6, 6.07) is 7.90. The third-order valence-corrected chi connectivity index (χ3v) is 5.02. The molecule has 0 bridgehead atoms. The molecule has 1 aromatic carbocycles. The summed E-state index contributed by atoms with van der Waals surface area (Å²) in [6.45, 7) is 3.88. The van der Waals surface area contributed by atoms with E-state index in [2.05, 4.69) is 4.90 Å². The maximum absolute atomic E-state index is 13.2. The molecule has 4 rings (SSSR count). The Morgan fingerprint density at radius 1 is 0.957 bits per heavy atom. The summed E-state index contributed by atoms with van der Waals surface area (Å²) in [7, 11) is 0. The van der Waals surface area contributed by atoms with Gasteiger partial charge in [-0.1, -0.05) is 24.6 Å². The first kappa shape index (κ1) is 15.1. The molecule has 0 aliphatic carbocycles. The first-order chi connectivity index (χ1) is 11.3. The number of benzene rings is 1. The van der Waals surface area contributed by atoms with Gasteiger partial charge in [0.1, 0.15) is 0 Å². The second-order valence-electron chi connectivity index (χ2n) is 6.59. The Bertz CT molecular complexity index is 575. The normalized spacial score (nSPS) is 24.7. The third kappa shape index (κ3) is 2.57. The van der Waals surface area contributed by atoms with Crippen LogP contribution in [0.3, 0.4) is 0 Å². The van der Waals surface area contributed by atoms with Gasteiger partial charge in [0.15, 0.2) is 0 Å². The molecule has 5 heteroatoms. The van der Waals surface area contributed by atoms with Crippen LogP contribution in [0.4, 0.5) is 5.69 Å². The van der Waals surface area contributed by atoms with Crippen LogP contribution in [0.5, 0.6) is 0 Å². The van der Waals surface area contributed by atoms with Gasteiger partial charge < -0.3 is 9.47 Å². The molecule has 1 spiro atoms. The van der Waals surface area contributed by atoms with Gasteiger partial charge in [-0.05, 0) is 44.8 Å². The molecule has 23 heavy (non-hydrogen) atoms. The molecule has 1 aromatic rings. The van der Waals surface area contributed by atoms with E-state index in [-0.39, 0.29) is 5.91 Å². The van der Waals surface area contributed by atoms with E-state index >= 15 is 0 Å². The zero-order chi connectivity index (χ0) is 15.7. The fourth-order valence-corrected chi connectivity index (χ4v) is 3.79. The molecule has 0 saturated carbocycles. The predicted octanol–water partition coefficient (Wildman–Crippen LogP) is 2.46. The van der Waals surface area contributed by atoms with Gasteiger partial charge in [0.05, 0.1) is 25.6 Å². The van der Waals surface area contributed by atoms with Gasteiger partial charge in [-0.3, -0.25) is 14.6 Å². The number of anilines is 1. The number of fused-ring (bicyclic) bond motifs is 2. The van der Waals surface area contributed by atoms with Crippen molar-refractivity contribution in [2.75, 3.05) is 37.9 Å². The van der Waals surface area contributed by atoms with Crippen molar-refractivity contribution in [2.45, 2.75) is 37.9 Å². The summed E-state index contributed by atoms with van der Waals surface area (Å²) in [5.74, 6) is -1.28. The average molecular weight is 316 g/mol. The topological polar surface area (TPSA) is 42.0 Å². The summed E-state index contributed by atoms with van der Waals surface area (Å²) in [4.78, 5) is 17.4. The van der Waals surface area contributed by atoms with Crippen LogP contribution in [0.25, 0.3) is 0 Å². The molecule has 2 saturated heterocycles. The molecular weight excluding hydrogens is 292 g/mol. The van der Waals surface area contributed by atoms with E-state index in [9.17, 15) is 4.79 Å². The lowest BCUT2D eigenvalue weighted by Gasteiger charge is -2.32. The van der Waals surface area contributed by atoms with E-state index < -0.39 is 5.79 Å². The van der Waals surface area contributed by atoms with Gasteiger partial charge in [-0.25, -0.2) is 0 Å². The zero-order valence-electron chi connectivity index (χ0n) is 13.5. The molecule has 3 aliphatic rings. The van der Waals surface area contributed by atoms with Crippen LogP contribution < -0.4 is 4.90 Å². The average Bonchev–Trinajstić information content (AvgIpc) is 2.78. The monoisotopic (exact) mass is 316 g/mol. The summed E-state index contributed by atoms with van der Waals surface area (Å²) in [5, 5.41) is 0. The van der Waals surface area contributed by atoms with Crippen LogP contribution in [-0.4, -0.2) is 43.8 Å². The first-order valence-corrected chi connectivity index (χ1v) is 8.73. The highest BCUT2D eigenvalue weighted by molar-refractivity contribution is 6.06. The van der Waals surface area contributed by atoms with Crippen LogP contribution in [0.1, 0.15) is 37.7 Å². The molecule has 0 N–H and O–H groups in total. The van der Waals surface area contributed by atoms with Crippen molar-refractivity contribution >= 4 is 11.6 Å². The van der Waals surface area contributed by atoms with Crippen molar-refractivity contribution in [3.63, 3.8) is 0 Å². The van der Waals surface area contributed by atoms with Gasteiger partial charge in [0.2, 0.25) is 0 Å². The first-order valence-electron chi connectivity index (χ1n) is 8.73. The Kier molecular flexibility index (Phi) is 4.09. The lowest BCUT2D eigenvalue weighted by Crippen LogP contribution is -2.48. The number of rotatable bonds is 2. The summed E-state index contributed by atoms with van der Waals surface area (Å²) in [6.07, 6.45) is 5.58. The number of hydrogen-bond acceptors (Lipinski definition) is 4. The number of piperidine rings is 1. The molecule has 3 heterocycles. The van der Waals surface area contributed by atoms with E-state index in [1.807, 2.05) is 29.2 Å². The minimum absolute atomic E-state index is 0.0637. The van der Waals surface area contributed by atoms with Crippen molar-refractivity contribution in [2.24, 2.45) is 0 Å². The van der Waals surface area contributed by atoms with Crippen molar-refractivity contribution < 1.29 is 14.3 Å². The highest BCUT2D eigenvalue weighted by atomic mass is 16.7. The van der Waals surface area contributed by atoms with Crippen LogP contribution in [0.15, 0.2) is 24.3 Å². The SMILES string of the molecule is O=C1N(CN2CCCCC2)c2ccccc2C12OCCCCO2. The van der Waals surface area contributed by atoms with Gasteiger partial charge in [0.25, 0.3) is 11.7 Å². The van der Waals surface area contributed by atoms with Crippen molar-refractivity contribution in [3.8, 4) is 0 Å².